The molecule has 0 aliphatic heterocycles. The smallest absolute Gasteiger partial charge is 0.260 e. The van der Waals surface area contributed by atoms with Crippen LogP contribution in [-0.2, 0) is 9.53 Å². The predicted molar refractivity (Wildman–Crippen MR) is 75.5 cm³/mol. The zero-order valence-electron chi connectivity index (χ0n) is 12.1. The Morgan fingerprint density at radius 3 is 2.90 bits per heavy atom. The summed E-state index contributed by atoms with van der Waals surface area (Å²) in [5, 5.41) is 11.6. The molecular weight excluding hydrogens is 256 g/mol. The second kappa shape index (κ2) is 8.18. The summed E-state index contributed by atoms with van der Waals surface area (Å²) in [4.78, 5) is 11.8. The quantitative estimate of drug-likeness (QED) is 0.771. The highest BCUT2D eigenvalue weighted by atomic mass is 16.5. The molecule has 0 radical (unpaired) electrons. The molecule has 0 fully saturated rings. The summed E-state index contributed by atoms with van der Waals surface area (Å²) in [6, 6.07) is 7.22. The Morgan fingerprint density at radius 2 is 2.25 bits per heavy atom. The lowest BCUT2D eigenvalue weighted by molar-refractivity contribution is -0.127. The Labute approximate surface area is 119 Å². The number of hydrogen-bond donors (Lipinski definition) is 1. The van der Waals surface area contributed by atoms with Gasteiger partial charge < -0.3 is 14.8 Å². The van der Waals surface area contributed by atoms with Gasteiger partial charge in [-0.3, -0.25) is 4.79 Å². The highest BCUT2D eigenvalue weighted by molar-refractivity contribution is 5.80. The summed E-state index contributed by atoms with van der Waals surface area (Å²) in [6.45, 7) is 4.72. The number of nitriles is 1. The van der Waals surface area contributed by atoms with E-state index in [1.165, 1.54) is 0 Å². The first-order valence-electron chi connectivity index (χ1n) is 6.52. The molecule has 1 rings (SSSR count). The van der Waals surface area contributed by atoms with E-state index >= 15 is 0 Å². The van der Waals surface area contributed by atoms with Crippen molar-refractivity contribution in [3.63, 3.8) is 0 Å². The van der Waals surface area contributed by atoms with Crippen molar-refractivity contribution in [1.29, 1.82) is 5.26 Å². The van der Waals surface area contributed by atoms with E-state index in [1.807, 2.05) is 6.92 Å². The molecule has 0 heterocycles. The fraction of sp³-hybridized carbons (Fsp3) is 0.467. The van der Waals surface area contributed by atoms with Crippen LogP contribution in [0, 0.1) is 18.3 Å². The Balaban J connectivity index is 2.55. The van der Waals surface area contributed by atoms with Gasteiger partial charge in [-0.2, -0.15) is 5.26 Å². The maximum atomic E-state index is 11.8. The van der Waals surface area contributed by atoms with Crippen LogP contribution in [0.5, 0.6) is 5.75 Å². The number of carbonyl (C=O) groups is 1. The van der Waals surface area contributed by atoms with Crippen molar-refractivity contribution in [3.8, 4) is 11.8 Å². The number of rotatable bonds is 7. The number of amides is 1. The number of benzene rings is 1. The normalized spacial score (nSPS) is 11.5. The molecule has 1 atom stereocenters. The molecule has 1 aromatic rings. The molecule has 1 N–H and O–H groups in total. The molecule has 1 aromatic carbocycles. The standard InChI is InChI=1S/C15H20N2O3/c1-11-5-6-13(10-16)9-14(11)20-12(2)15(18)17-7-4-8-19-3/h5-6,9,12H,4,7-8H2,1-3H3,(H,17,18). The van der Waals surface area contributed by atoms with Crippen LogP contribution in [0.25, 0.3) is 0 Å². The van der Waals surface area contributed by atoms with Crippen molar-refractivity contribution < 1.29 is 14.3 Å². The largest absolute Gasteiger partial charge is 0.481 e. The maximum Gasteiger partial charge on any atom is 0.260 e. The van der Waals surface area contributed by atoms with Gasteiger partial charge in [0.2, 0.25) is 0 Å². The molecule has 0 saturated heterocycles. The first-order chi connectivity index (χ1) is 9.58. The fourth-order valence-electron chi connectivity index (χ4n) is 1.61. The number of methoxy groups -OCH3 is 1. The molecular formula is C15H20N2O3. The van der Waals surface area contributed by atoms with Crippen LogP contribution in [0.2, 0.25) is 0 Å². The highest BCUT2D eigenvalue weighted by Gasteiger charge is 2.15. The number of hydrogen-bond acceptors (Lipinski definition) is 4. The molecule has 5 nitrogen and oxygen atoms in total. The van der Waals surface area contributed by atoms with Crippen LogP contribution in [-0.4, -0.2) is 32.3 Å². The van der Waals surface area contributed by atoms with Gasteiger partial charge in [0, 0.05) is 20.3 Å². The summed E-state index contributed by atoms with van der Waals surface area (Å²) in [5.41, 5.74) is 1.40. The molecule has 5 heteroatoms. The molecule has 0 saturated carbocycles. The summed E-state index contributed by atoms with van der Waals surface area (Å²) in [6.07, 6.45) is 0.156. The number of carbonyl (C=O) groups excluding carboxylic acids is 1. The lowest BCUT2D eigenvalue weighted by Crippen LogP contribution is -2.37. The van der Waals surface area contributed by atoms with E-state index in [0.717, 1.165) is 12.0 Å². The second-order valence-corrected chi connectivity index (χ2v) is 4.49. The van der Waals surface area contributed by atoms with E-state index in [0.29, 0.717) is 24.5 Å². The zero-order valence-corrected chi connectivity index (χ0v) is 12.1. The van der Waals surface area contributed by atoms with Crippen molar-refractivity contribution in [2.45, 2.75) is 26.4 Å². The van der Waals surface area contributed by atoms with Gasteiger partial charge in [0.25, 0.3) is 5.91 Å². The fourth-order valence-corrected chi connectivity index (χ4v) is 1.61. The predicted octanol–water partition coefficient (Wildman–Crippen LogP) is 1.79. The van der Waals surface area contributed by atoms with Crippen molar-refractivity contribution in [2.75, 3.05) is 20.3 Å². The maximum absolute atomic E-state index is 11.8. The third-order valence-electron chi connectivity index (χ3n) is 2.81. The Hall–Kier alpha value is -2.06. The lowest BCUT2D eigenvalue weighted by Gasteiger charge is -2.16. The minimum atomic E-state index is -0.606. The Morgan fingerprint density at radius 1 is 1.50 bits per heavy atom. The van der Waals surface area contributed by atoms with Crippen molar-refractivity contribution in [1.82, 2.24) is 5.32 Å². The first kappa shape index (κ1) is 16.0. The molecule has 0 aliphatic rings. The van der Waals surface area contributed by atoms with Gasteiger partial charge in [0.05, 0.1) is 11.6 Å². The average Bonchev–Trinajstić information content (AvgIpc) is 2.45. The van der Waals surface area contributed by atoms with Crippen LogP contribution in [0.1, 0.15) is 24.5 Å². The summed E-state index contributed by atoms with van der Waals surface area (Å²) < 4.78 is 10.5. The van der Waals surface area contributed by atoms with Crippen LogP contribution in [0.3, 0.4) is 0 Å². The van der Waals surface area contributed by atoms with Crippen molar-refractivity contribution in [2.24, 2.45) is 0 Å². The molecule has 0 aliphatic carbocycles. The van der Waals surface area contributed by atoms with Gasteiger partial charge in [0.1, 0.15) is 5.75 Å². The molecule has 0 aromatic heterocycles. The highest BCUT2D eigenvalue weighted by Crippen LogP contribution is 2.20. The van der Waals surface area contributed by atoms with E-state index < -0.39 is 6.10 Å². The lowest BCUT2D eigenvalue weighted by atomic mass is 10.1. The number of aryl methyl sites for hydroxylation is 1. The van der Waals surface area contributed by atoms with Gasteiger partial charge in [-0.1, -0.05) is 6.07 Å². The van der Waals surface area contributed by atoms with Gasteiger partial charge in [-0.05, 0) is 38.0 Å². The van der Waals surface area contributed by atoms with Crippen LogP contribution < -0.4 is 10.1 Å². The summed E-state index contributed by atoms with van der Waals surface area (Å²) in [7, 11) is 1.62. The van der Waals surface area contributed by atoms with E-state index in [9.17, 15) is 4.79 Å². The molecule has 1 amide bonds. The molecule has 0 bridgehead atoms. The summed E-state index contributed by atoms with van der Waals surface area (Å²) >= 11 is 0. The number of nitrogens with one attached hydrogen (secondary N) is 1. The second-order valence-electron chi connectivity index (χ2n) is 4.49. The average molecular weight is 276 g/mol. The van der Waals surface area contributed by atoms with Gasteiger partial charge in [0.15, 0.2) is 6.10 Å². The Bertz CT molecular complexity index is 494. The topological polar surface area (TPSA) is 71.3 Å². The Kier molecular flexibility index (Phi) is 6.54. The zero-order chi connectivity index (χ0) is 15.0. The van der Waals surface area contributed by atoms with Crippen molar-refractivity contribution >= 4 is 5.91 Å². The van der Waals surface area contributed by atoms with Crippen LogP contribution in [0.4, 0.5) is 0 Å². The third kappa shape index (κ3) is 4.90. The minimum Gasteiger partial charge on any atom is -0.481 e. The minimum absolute atomic E-state index is 0.178. The third-order valence-corrected chi connectivity index (χ3v) is 2.81. The van der Waals surface area contributed by atoms with E-state index in [2.05, 4.69) is 11.4 Å². The van der Waals surface area contributed by atoms with Gasteiger partial charge in [-0.15, -0.1) is 0 Å². The van der Waals surface area contributed by atoms with Crippen molar-refractivity contribution in [3.05, 3.63) is 29.3 Å². The molecule has 1 unspecified atom stereocenters. The van der Waals surface area contributed by atoms with E-state index in [4.69, 9.17) is 14.7 Å². The molecule has 0 spiro atoms. The van der Waals surface area contributed by atoms with Crippen LogP contribution >= 0.6 is 0 Å². The molecule has 20 heavy (non-hydrogen) atoms. The monoisotopic (exact) mass is 276 g/mol. The summed E-state index contributed by atoms with van der Waals surface area (Å²) in [5.74, 6) is 0.381. The first-order valence-corrected chi connectivity index (χ1v) is 6.52. The number of ether oxygens (including phenoxy) is 2. The SMILES string of the molecule is COCCCNC(=O)C(C)Oc1cc(C#N)ccc1C. The van der Waals surface area contributed by atoms with Crippen LogP contribution in [0.15, 0.2) is 18.2 Å². The van der Waals surface area contributed by atoms with E-state index in [1.54, 1.807) is 32.2 Å². The number of nitrogens with zero attached hydrogens (tertiary/aromatic N) is 1. The van der Waals surface area contributed by atoms with Gasteiger partial charge >= 0.3 is 0 Å². The van der Waals surface area contributed by atoms with E-state index in [-0.39, 0.29) is 5.91 Å². The van der Waals surface area contributed by atoms with Gasteiger partial charge in [-0.25, -0.2) is 0 Å². The molecule has 108 valence electrons.